The fourth-order valence-electron chi connectivity index (χ4n) is 3.36. The van der Waals surface area contributed by atoms with Crippen LogP contribution in [0.5, 0.6) is 0 Å². The average Bonchev–Trinajstić information content (AvgIpc) is 3.49. The summed E-state index contributed by atoms with van der Waals surface area (Å²) >= 11 is 0. The van der Waals surface area contributed by atoms with Crippen molar-refractivity contribution in [3.8, 4) is 22.6 Å². The number of nitrogens with one attached hydrogen (secondary N) is 1. The van der Waals surface area contributed by atoms with Gasteiger partial charge in [-0.15, -0.1) is 0 Å². The highest BCUT2D eigenvalue weighted by Crippen LogP contribution is 2.24. The van der Waals surface area contributed by atoms with Gasteiger partial charge in [-0.3, -0.25) is 4.79 Å². The molecule has 0 spiro atoms. The second-order valence-corrected chi connectivity index (χ2v) is 6.97. The minimum Gasteiger partial charge on any atom is -0.305 e. The van der Waals surface area contributed by atoms with Crippen molar-refractivity contribution in [1.29, 1.82) is 0 Å². The minimum atomic E-state index is -0.264. The topological polar surface area (TPSA) is 64.7 Å². The smallest absolute Gasteiger partial charge is 0.260 e. The molecule has 6 heteroatoms. The van der Waals surface area contributed by atoms with Crippen LogP contribution in [0.1, 0.15) is 10.4 Å². The Labute approximate surface area is 179 Å². The molecule has 31 heavy (non-hydrogen) atoms. The molecule has 1 amide bonds. The quantitative estimate of drug-likeness (QED) is 0.449. The second-order valence-electron chi connectivity index (χ2n) is 6.97. The predicted octanol–water partition coefficient (Wildman–Crippen LogP) is 4.98. The molecule has 0 fully saturated rings. The molecule has 6 nitrogen and oxygen atoms in total. The fourth-order valence-corrected chi connectivity index (χ4v) is 3.36. The van der Waals surface area contributed by atoms with Crippen molar-refractivity contribution < 1.29 is 4.79 Å². The Morgan fingerprint density at radius 1 is 0.677 bits per heavy atom. The molecule has 5 rings (SSSR count). The number of para-hydroxylation sites is 2. The Bertz CT molecular complexity index is 1310. The maximum absolute atomic E-state index is 13.2. The maximum atomic E-state index is 13.2. The number of rotatable bonds is 5. The van der Waals surface area contributed by atoms with Crippen molar-refractivity contribution in [2.24, 2.45) is 0 Å². The maximum Gasteiger partial charge on any atom is 0.260 e. The van der Waals surface area contributed by atoms with Crippen LogP contribution < -0.4 is 5.32 Å². The lowest BCUT2D eigenvalue weighted by atomic mass is 10.1. The van der Waals surface area contributed by atoms with Gasteiger partial charge in [0.2, 0.25) is 0 Å². The molecule has 0 aliphatic rings. The van der Waals surface area contributed by atoms with Gasteiger partial charge >= 0.3 is 0 Å². The standard InChI is InChI=1S/C25H19N5O/c31-25(26-23-16-17-29(27-23)20-12-6-2-7-13-20)22-18-30(21-14-8-3-9-15-21)28-24(22)19-10-4-1-5-11-19/h1-18H,(H,26,27,31). The van der Waals surface area contributed by atoms with Crippen molar-refractivity contribution in [3.05, 3.63) is 115 Å². The molecule has 5 aromatic rings. The van der Waals surface area contributed by atoms with Crippen molar-refractivity contribution in [2.75, 3.05) is 5.32 Å². The first-order chi connectivity index (χ1) is 15.3. The van der Waals surface area contributed by atoms with Gasteiger partial charge in [0, 0.05) is 24.0 Å². The summed E-state index contributed by atoms with van der Waals surface area (Å²) in [6.45, 7) is 0. The van der Waals surface area contributed by atoms with E-state index in [0.717, 1.165) is 16.9 Å². The van der Waals surface area contributed by atoms with Gasteiger partial charge in [0.05, 0.1) is 16.9 Å². The Morgan fingerprint density at radius 3 is 1.90 bits per heavy atom. The zero-order chi connectivity index (χ0) is 21.0. The lowest BCUT2D eigenvalue weighted by Gasteiger charge is -2.03. The molecule has 0 aliphatic heterocycles. The predicted molar refractivity (Wildman–Crippen MR) is 121 cm³/mol. The first-order valence-electron chi connectivity index (χ1n) is 9.91. The number of anilines is 1. The van der Waals surface area contributed by atoms with Gasteiger partial charge in [0.25, 0.3) is 5.91 Å². The summed E-state index contributed by atoms with van der Waals surface area (Å²) in [6.07, 6.45) is 3.57. The molecule has 0 unspecified atom stereocenters. The van der Waals surface area contributed by atoms with Gasteiger partial charge in [0.15, 0.2) is 5.82 Å². The normalized spacial score (nSPS) is 10.7. The number of hydrogen-bond acceptors (Lipinski definition) is 3. The van der Waals surface area contributed by atoms with Crippen molar-refractivity contribution in [1.82, 2.24) is 19.6 Å². The Balaban J connectivity index is 1.48. The van der Waals surface area contributed by atoms with Crippen LogP contribution >= 0.6 is 0 Å². The number of nitrogens with zero attached hydrogens (tertiary/aromatic N) is 4. The van der Waals surface area contributed by atoms with Crippen molar-refractivity contribution >= 4 is 11.7 Å². The van der Waals surface area contributed by atoms with Crippen LogP contribution in [-0.2, 0) is 0 Å². The summed E-state index contributed by atoms with van der Waals surface area (Å²) < 4.78 is 3.45. The van der Waals surface area contributed by atoms with Crippen LogP contribution in [0, 0.1) is 0 Å². The van der Waals surface area contributed by atoms with Crippen LogP contribution in [0.2, 0.25) is 0 Å². The highest BCUT2D eigenvalue weighted by Gasteiger charge is 2.19. The van der Waals surface area contributed by atoms with E-state index in [-0.39, 0.29) is 5.91 Å². The lowest BCUT2D eigenvalue weighted by molar-refractivity contribution is 0.102. The highest BCUT2D eigenvalue weighted by molar-refractivity contribution is 6.07. The molecule has 2 aromatic heterocycles. The third kappa shape index (κ3) is 3.86. The van der Waals surface area contributed by atoms with Gasteiger partial charge in [0.1, 0.15) is 5.69 Å². The summed E-state index contributed by atoms with van der Waals surface area (Å²) in [7, 11) is 0. The van der Waals surface area contributed by atoms with Crippen LogP contribution in [0.15, 0.2) is 109 Å². The number of aromatic nitrogens is 4. The molecule has 0 bridgehead atoms. The molecule has 0 saturated carbocycles. The molecule has 3 aromatic carbocycles. The largest absolute Gasteiger partial charge is 0.305 e. The van der Waals surface area contributed by atoms with Crippen LogP contribution in [-0.4, -0.2) is 25.5 Å². The number of carbonyl (C=O) groups is 1. The summed E-state index contributed by atoms with van der Waals surface area (Å²) in [5.74, 6) is 0.208. The Hall–Kier alpha value is -4.45. The van der Waals surface area contributed by atoms with Crippen molar-refractivity contribution in [3.63, 3.8) is 0 Å². The van der Waals surface area contributed by atoms with Gasteiger partial charge < -0.3 is 5.32 Å². The van der Waals surface area contributed by atoms with E-state index in [2.05, 4.69) is 10.4 Å². The molecule has 0 saturated heterocycles. The first kappa shape index (κ1) is 18.6. The molecule has 2 heterocycles. The van der Waals surface area contributed by atoms with Crippen molar-refractivity contribution in [2.45, 2.75) is 0 Å². The van der Waals surface area contributed by atoms with E-state index in [0.29, 0.717) is 17.1 Å². The molecule has 0 atom stereocenters. The molecule has 150 valence electrons. The van der Waals surface area contributed by atoms with E-state index in [1.165, 1.54) is 0 Å². The van der Waals surface area contributed by atoms with E-state index < -0.39 is 0 Å². The minimum absolute atomic E-state index is 0.264. The number of carbonyl (C=O) groups excluding carboxylic acids is 1. The zero-order valence-corrected chi connectivity index (χ0v) is 16.6. The Morgan fingerprint density at radius 2 is 1.26 bits per heavy atom. The summed E-state index contributed by atoms with van der Waals surface area (Å²) in [6, 6.07) is 30.9. The summed E-state index contributed by atoms with van der Waals surface area (Å²) in [5.41, 5.74) is 3.77. The zero-order valence-electron chi connectivity index (χ0n) is 16.6. The third-order valence-corrected chi connectivity index (χ3v) is 4.88. The van der Waals surface area contributed by atoms with Crippen LogP contribution in [0.3, 0.4) is 0 Å². The second kappa shape index (κ2) is 8.12. The van der Waals surface area contributed by atoms with Crippen LogP contribution in [0.25, 0.3) is 22.6 Å². The van der Waals surface area contributed by atoms with Gasteiger partial charge in [-0.25, -0.2) is 9.36 Å². The SMILES string of the molecule is O=C(Nc1ccn(-c2ccccc2)n1)c1cn(-c2ccccc2)nc1-c1ccccc1. The van der Waals surface area contributed by atoms with E-state index >= 15 is 0 Å². The lowest BCUT2D eigenvalue weighted by Crippen LogP contribution is -2.13. The number of amides is 1. The van der Waals surface area contributed by atoms with E-state index in [1.807, 2.05) is 97.2 Å². The number of hydrogen-bond donors (Lipinski definition) is 1. The molecule has 0 aliphatic carbocycles. The van der Waals surface area contributed by atoms with E-state index in [9.17, 15) is 4.79 Å². The fraction of sp³-hybridized carbons (Fsp3) is 0. The Kier molecular flexibility index (Phi) is 4.86. The molecular formula is C25H19N5O. The summed E-state index contributed by atoms with van der Waals surface area (Å²) in [4.78, 5) is 13.2. The van der Waals surface area contributed by atoms with E-state index in [1.54, 1.807) is 21.6 Å². The first-order valence-corrected chi connectivity index (χ1v) is 9.91. The van der Waals surface area contributed by atoms with Gasteiger partial charge in [-0.1, -0.05) is 66.7 Å². The monoisotopic (exact) mass is 405 g/mol. The summed E-state index contributed by atoms with van der Waals surface area (Å²) in [5, 5.41) is 12.1. The molecular weight excluding hydrogens is 386 g/mol. The average molecular weight is 405 g/mol. The molecule has 0 radical (unpaired) electrons. The van der Waals surface area contributed by atoms with E-state index in [4.69, 9.17) is 5.10 Å². The third-order valence-electron chi connectivity index (χ3n) is 4.88. The molecule has 1 N–H and O–H groups in total. The highest BCUT2D eigenvalue weighted by atomic mass is 16.1. The number of benzene rings is 3. The van der Waals surface area contributed by atoms with Crippen LogP contribution in [0.4, 0.5) is 5.82 Å². The van der Waals surface area contributed by atoms with Gasteiger partial charge in [-0.2, -0.15) is 10.2 Å². The van der Waals surface area contributed by atoms with Gasteiger partial charge in [-0.05, 0) is 24.3 Å².